The second-order valence-corrected chi connectivity index (χ2v) is 12.5. The molecule has 1 saturated carbocycles. The maximum Gasteiger partial charge on any atom is 0.311 e. The first-order valence-electron chi connectivity index (χ1n) is 14.6. The number of nitrogens with zero attached hydrogens (tertiary/aromatic N) is 4. The van der Waals surface area contributed by atoms with Crippen molar-refractivity contribution in [1.82, 2.24) is 30.0 Å². The average molecular weight is 601 g/mol. The number of aromatic nitrogens is 2. The molecule has 6 rings (SSSR count). The second-order valence-electron chi connectivity index (χ2n) is 12.5. The highest BCUT2D eigenvalue weighted by Crippen LogP contribution is 2.51. The van der Waals surface area contributed by atoms with Gasteiger partial charge in [-0.1, -0.05) is 12.1 Å². The van der Waals surface area contributed by atoms with Gasteiger partial charge in [0.15, 0.2) is 5.69 Å². The lowest BCUT2D eigenvalue weighted by Gasteiger charge is -2.42. The Balaban J connectivity index is 1.49. The Morgan fingerprint density at radius 2 is 1.91 bits per heavy atom. The fraction of sp³-hybridized carbons (Fsp3) is 0.567. The minimum atomic E-state index is -1.23. The lowest BCUT2D eigenvalue weighted by molar-refractivity contribution is -0.145. The van der Waals surface area contributed by atoms with Gasteiger partial charge in [-0.25, -0.2) is 13.8 Å². The Kier molecular flexibility index (Phi) is 8.30. The van der Waals surface area contributed by atoms with Gasteiger partial charge in [-0.2, -0.15) is 0 Å². The van der Waals surface area contributed by atoms with Gasteiger partial charge in [0.1, 0.15) is 17.8 Å². The molecule has 2 fully saturated rings. The van der Waals surface area contributed by atoms with Crippen LogP contribution < -0.4 is 16.2 Å². The van der Waals surface area contributed by atoms with Gasteiger partial charge in [0.05, 0.1) is 5.54 Å². The monoisotopic (exact) mass is 600 g/mol. The molecule has 1 aromatic carbocycles. The van der Waals surface area contributed by atoms with Gasteiger partial charge < -0.3 is 25.5 Å². The molecule has 3 aliphatic heterocycles. The summed E-state index contributed by atoms with van der Waals surface area (Å²) < 4.78 is 28.8. The van der Waals surface area contributed by atoms with E-state index in [4.69, 9.17) is 0 Å². The van der Waals surface area contributed by atoms with E-state index in [1.165, 1.54) is 30.8 Å². The van der Waals surface area contributed by atoms with Gasteiger partial charge in [0.2, 0.25) is 5.75 Å². The second kappa shape index (κ2) is 11.7. The largest absolute Gasteiger partial charge is 0.501 e. The first-order valence-corrected chi connectivity index (χ1v) is 14.6. The number of carbonyl (C=O) groups excluding carboxylic acids is 3. The molecule has 0 unspecified atom stereocenters. The van der Waals surface area contributed by atoms with Crippen LogP contribution in [0.5, 0.6) is 5.75 Å². The topological polar surface area (TPSA) is 137 Å². The van der Waals surface area contributed by atoms with Crippen LogP contribution in [-0.4, -0.2) is 82.1 Å². The number of likely N-dealkylation sites (tertiary alicyclic amines) is 1. The highest BCUT2D eigenvalue weighted by atomic mass is 19.1. The number of carbonyl (C=O) groups is 3. The van der Waals surface area contributed by atoms with E-state index in [1.54, 1.807) is 13.0 Å². The molecule has 1 aliphatic carbocycles. The fourth-order valence-corrected chi connectivity index (χ4v) is 6.59. The van der Waals surface area contributed by atoms with E-state index in [0.29, 0.717) is 69.3 Å². The predicted molar refractivity (Wildman–Crippen MR) is 152 cm³/mol. The molecule has 0 spiro atoms. The van der Waals surface area contributed by atoms with Crippen LogP contribution in [0.25, 0.3) is 0 Å². The third-order valence-electron chi connectivity index (χ3n) is 9.25. The van der Waals surface area contributed by atoms with Crippen molar-refractivity contribution in [2.24, 2.45) is 5.41 Å². The van der Waals surface area contributed by atoms with Gasteiger partial charge in [-0.15, -0.1) is 0 Å². The maximum atomic E-state index is 13.8. The highest BCUT2D eigenvalue weighted by Gasteiger charge is 2.52. The summed E-state index contributed by atoms with van der Waals surface area (Å²) in [7, 11) is 2.91. The summed E-state index contributed by atoms with van der Waals surface area (Å²) in [6.45, 7) is 3.48. The van der Waals surface area contributed by atoms with Gasteiger partial charge in [0, 0.05) is 40.3 Å². The zero-order valence-electron chi connectivity index (χ0n) is 24.7. The third-order valence-corrected chi connectivity index (χ3v) is 9.25. The molecule has 3 N–H and O–H groups in total. The number of aryl methyl sites for hydroxylation is 1. The van der Waals surface area contributed by atoms with E-state index in [1.807, 2.05) is 0 Å². The number of fused-ring (bicyclic) bond motifs is 2. The van der Waals surface area contributed by atoms with Crippen LogP contribution in [0.4, 0.5) is 8.78 Å². The van der Waals surface area contributed by atoms with Gasteiger partial charge in [-0.05, 0) is 74.6 Å². The zero-order valence-corrected chi connectivity index (χ0v) is 24.7. The molecule has 13 heteroatoms. The Morgan fingerprint density at radius 1 is 1.19 bits per heavy atom. The van der Waals surface area contributed by atoms with Crippen LogP contribution in [0.3, 0.4) is 0 Å². The zero-order chi connectivity index (χ0) is 31.1. The van der Waals surface area contributed by atoms with Crippen molar-refractivity contribution in [1.29, 1.82) is 0 Å². The van der Waals surface area contributed by atoms with E-state index < -0.39 is 46.4 Å². The van der Waals surface area contributed by atoms with Crippen molar-refractivity contribution in [3.8, 4) is 5.75 Å². The molecule has 1 saturated heterocycles. The van der Waals surface area contributed by atoms with Crippen molar-refractivity contribution < 1.29 is 28.3 Å². The third kappa shape index (κ3) is 5.99. The molecule has 3 amide bonds. The molecule has 1 aromatic heterocycles. The van der Waals surface area contributed by atoms with E-state index in [-0.39, 0.29) is 30.1 Å². The van der Waals surface area contributed by atoms with Crippen molar-refractivity contribution in [3.63, 3.8) is 0 Å². The fourth-order valence-electron chi connectivity index (χ4n) is 6.59. The number of halogens is 2. The standard InChI is InChI=1S/C30H38F2N6O5/c1-18-14-19(4-5-21(18)32)15-33-24(40)22-23(39)26(42)38-17-29(11-13-37-12-6-20(31)16-37)7-9-30(10-8-29,28(38)34-22)35-25(41)27(43)36(2)3/h4-5,14,20,39H,6-13,15-17H2,1-3H3,(H,33,40)(H,35,41)/t20-,29?,30?/m1/s1. The van der Waals surface area contributed by atoms with Gasteiger partial charge in [-0.3, -0.25) is 23.7 Å². The Labute approximate surface area is 248 Å². The van der Waals surface area contributed by atoms with Crippen LogP contribution in [0.2, 0.25) is 0 Å². The van der Waals surface area contributed by atoms with Crippen molar-refractivity contribution in [2.75, 3.05) is 33.7 Å². The van der Waals surface area contributed by atoms with Gasteiger partial charge >= 0.3 is 11.8 Å². The molecule has 2 bridgehead atoms. The van der Waals surface area contributed by atoms with Gasteiger partial charge in [0.25, 0.3) is 11.5 Å². The molecule has 4 heterocycles. The summed E-state index contributed by atoms with van der Waals surface area (Å²) in [5.41, 5.74) is -1.91. The lowest BCUT2D eigenvalue weighted by atomic mass is 9.66. The summed E-state index contributed by atoms with van der Waals surface area (Å²) >= 11 is 0. The molecular weight excluding hydrogens is 562 g/mol. The summed E-state index contributed by atoms with van der Waals surface area (Å²) in [6, 6.07) is 4.38. The van der Waals surface area contributed by atoms with Crippen LogP contribution in [-0.2, 0) is 28.2 Å². The normalized spacial score (nSPS) is 24.7. The van der Waals surface area contributed by atoms with E-state index in [9.17, 15) is 33.1 Å². The number of aromatic hydroxyl groups is 1. The summed E-state index contributed by atoms with van der Waals surface area (Å²) in [6.07, 6.45) is 2.21. The van der Waals surface area contributed by atoms with Crippen LogP contribution in [0.1, 0.15) is 66.0 Å². The Morgan fingerprint density at radius 3 is 2.53 bits per heavy atom. The molecule has 0 radical (unpaired) electrons. The number of amides is 3. The summed E-state index contributed by atoms with van der Waals surface area (Å²) in [5.74, 6) is -3.54. The molecule has 232 valence electrons. The Bertz CT molecular complexity index is 1500. The molecule has 1 atom stereocenters. The molecule has 43 heavy (non-hydrogen) atoms. The van der Waals surface area contributed by atoms with Crippen molar-refractivity contribution >= 4 is 17.7 Å². The first-order chi connectivity index (χ1) is 20.3. The maximum absolute atomic E-state index is 13.8. The summed E-state index contributed by atoms with van der Waals surface area (Å²) in [5, 5.41) is 16.4. The minimum absolute atomic E-state index is 0.00193. The number of nitrogens with one attached hydrogen (secondary N) is 2. The minimum Gasteiger partial charge on any atom is -0.501 e. The quantitative estimate of drug-likeness (QED) is 0.412. The van der Waals surface area contributed by atoms with E-state index in [2.05, 4.69) is 20.5 Å². The smallest absolute Gasteiger partial charge is 0.311 e. The number of hydrogen-bond acceptors (Lipinski definition) is 7. The molecular formula is C30H38F2N6O5. The number of rotatable bonds is 7. The SMILES string of the molecule is Cc1cc(CNC(=O)c2nc3n(c(=O)c2O)CC2(CCN4CC[C@@H](F)C4)CCC3(NC(=O)C(=O)N(C)C)CC2)ccc1F. The number of hydrogen-bond donors (Lipinski definition) is 3. The average Bonchev–Trinajstić information content (AvgIpc) is 3.29. The molecule has 2 aromatic rings. The van der Waals surface area contributed by atoms with Crippen LogP contribution in [0, 0.1) is 18.2 Å². The highest BCUT2D eigenvalue weighted by molar-refractivity contribution is 6.35. The first kappa shape index (κ1) is 30.6. The van der Waals surface area contributed by atoms with E-state index in [0.717, 1.165) is 4.90 Å². The van der Waals surface area contributed by atoms with E-state index >= 15 is 0 Å². The van der Waals surface area contributed by atoms with Crippen molar-refractivity contribution in [2.45, 2.75) is 70.2 Å². The van der Waals surface area contributed by atoms with Crippen molar-refractivity contribution in [3.05, 3.63) is 57.0 Å². The number of likely N-dealkylation sites (N-methyl/N-ethyl adjacent to an activating group) is 1. The predicted octanol–water partition coefficient (Wildman–Crippen LogP) is 1.73. The lowest BCUT2D eigenvalue weighted by Crippen LogP contribution is -2.54. The molecule has 11 nitrogen and oxygen atoms in total. The number of alkyl halides is 1. The van der Waals surface area contributed by atoms with Crippen LogP contribution >= 0.6 is 0 Å². The Hall–Kier alpha value is -3.87. The number of benzene rings is 1. The van der Waals surface area contributed by atoms with Crippen LogP contribution in [0.15, 0.2) is 23.0 Å². The molecule has 4 aliphatic rings. The summed E-state index contributed by atoms with van der Waals surface area (Å²) in [4.78, 5) is 60.2.